The zero-order valence-corrected chi connectivity index (χ0v) is 14.7. The summed E-state index contributed by atoms with van der Waals surface area (Å²) in [7, 11) is 0.617. The maximum atomic E-state index is 12.9. The van der Waals surface area contributed by atoms with Gasteiger partial charge in [0.25, 0.3) is 5.91 Å². The molecular formula is C19H21NO3S. The molecule has 0 aliphatic carbocycles. The van der Waals surface area contributed by atoms with Gasteiger partial charge in [0.1, 0.15) is 5.75 Å². The van der Waals surface area contributed by atoms with E-state index in [9.17, 15) is 9.00 Å². The van der Waals surface area contributed by atoms with Crippen LogP contribution in [0.5, 0.6) is 5.75 Å². The highest BCUT2D eigenvalue weighted by molar-refractivity contribution is 7.84. The second-order valence-electron chi connectivity index (χ2n) is 5.91. The van der Waals surface area contributed by atoms with Crippen LogP contribution < -0.4 is 4.74 Å². The summed E-state index contributed by atoms with van der Waals surface area (Å²) in [6, 6.07) is 15.1. The maximum Gasteiger partial charge on any atom is 0.254 e. The lowest BCUT2D eigenvalue weighted by Crippen LogP contribution is -2.30. The first-order valence-corrected chi connectivity index (χ1v) is 9.54. The van der Waals surface area contributed by atoms with Gasteiger partial charge in [-0.25, -0.2) is 0 Å². The molecule has 3 rings (SSSR count). The molecule has 1 fully saturated rings. The van der Waals surface area contributed by atoms with Crippen molar-refractivity contribution in [3.63, 3.8) is 0 Å². The Morgan fingerprint density at radius 2 is 1.79 bits per heavy atom. The summed E-state index contributed by atoms with van der Waals surface area (Å²) < 4.78 is 16.7. The van der Waals surface area contributed by atoms with Crippen LogP contribution in [0.2, 0.25) is 0 Å². The third kappa shape index (κ3) is 3.36. The third-order valence-electron chi connectivity index (χ3n) is 4.45. The van der Waals surface area contributed by atoms with Crippen molar-refractivity contribution in [1.29, 1.82) is 0 Å². The van der Waals surface area contributed by atoms with Gasteiger partial charge in [0.2, 0.25) is 0 Å². The van der Waals surface area contributed by atoms with E-state index in [-0.39, 0.29) is 11.9 Å². The Hall–Kier alpha value is -2.14. The Labute approximate surface area is 144 Å². The van der Waals surface area contributed by atoms with E-state index in [1.807, 2.05) is 29.2 Å². The molecule has 1 aliphatic heterocycles. The Morgan fingerprint density at radius 1 is 1.12 bits per heavy atom. The summed E-state index contributed by atoms with van der Waals surface area (Å²) >= 11 is 0. The fraction of sp³-hybridized carbons (Fsp3) is 0.316. The van der Waals surface area contributed by atoms with Crippen molar-refractivity contribution in [2.24, 2.45) is 0 Å². The van der Waals surface area contributed by atoms with E-state index in [1.165, 1.54) is 0 Å². The van der Waals surface area contributed by atoms with Gasteiger partial charge in [-0.05, 0) is 54.8 Å². The second-order valence-corrected chi connectivity index (χ2v) is 7.29. The average molecular weight is 343 g/mol. The molecule has 2 atom stereocenters. The van der Waals surface area contributed by atoms with E-state index in [0.29, 0.717) is 5.56 Å². The minimum atomic E-state index is -1.03. The largest absolute Gasteiger partial charge is 0.497 e. The summed E-state index contributed by atoms with van der Waals surface area (Å²) in [4.78, 5) is 15.5. The van der Waals surface area contributed by atoms with E-state index in [4.69, 9.17) is 4.74 Å². The highest BCUT2D eigenvalue weighted by atomic mass is 32.2. The van der Waals surface area contributed by atoms with Gasteiger partial charge in [-0.2, -0.15) is 0 Å². The van der Waals surface area contributed by atoms with Crippen LogP contribution >= 0.6 is 0 Å². The molecule has 2 aromatic rings. The number of methoxy groups -OCH3 is 1. The molecule has 0 bridgehead atoms. The van der Waals surface area contributed by atoms with Crippen molar-refractivity contribution >= 4 is 16.7 Å². The molecule has 2 aromatic carbocycles. The second kappa shape index (κ2) is 7.18. The Morgan fingerprint density at radius 3 is 2.38 bits per heavy atom. The highest BCUT2D eigenvalue weighted by Gasteiger charge is 2.30. The van der Waals surface area contributed by atoms with Crippen LogP contribution in [0.1, 0.15) is 34.8 Å². The molecule has 24 heavy (non-hydrogen) atoms. The highest BCUT2D eigenvalue weighted by Crippen LogP contribution is 2.33. The quantitative estimate of drug-likeness (QED) is 0.855. The van der Waals surface area contributed by atoms with Crippen molar-refractivity contribution in [3.8, 4) is 5.75 Å². The molecule has 1 saturated heterocycles. The molecule has 0 N–H and O–H groups in total. The van der Waals surface area contributed by atoms with Crippen LogP contribution in [0.4, 0.5) is 0 Å². The van der Waals surface area contributed by atoms with Crippen molar-refractivity contribution in [1.82, 2.24) is 4.90 Å². The molecular weight excluding hydrogens is 322 g/mol. The number of carbonyl (C=O) groups excluding carboxylic acids is 1. The molecule has 1 aliphatic rings. The minimum absolute atomic E-state index is 0.0294. The van der Waals surface area contributed by atoms with Gasteiger partial charge >= 0.3 is 0 Å². The number of hydrogen-bond donors (Lipinski definition) is 0. The fourth-order valence-corrected chi connectivity index (χ4v) is 3.66. The summed E-state index contributed by atoms with van der Waals surface area (Å²) in [5, 5.41) is 0. The number of benzene rings is 2. The monoisotopic (exact) mass is 343 g/mol. The van der Waals surface area contributed by atoms with Gasteiger partial charge in [0.05, 0.1) is 13.2 Å². The van der Waals surface area contributed by atoms with Crippen LogP contribution in [-0.2, 0) is 10.8 Å². The van der Waals surface area contributed by atoms with E-state index in [1.54, 1.807) is 37.6 Å². The number of likely N-dealkylation sites (tertiary alicyclic amines) is 1. The van der Waals surface area contributed by atoms with E-state index >= 15 is 0 Å². The molecule has 0 radical (unpaired) electrons. The van der Waals surface area contributed by atoms with Crippen molar-refractivity contribution in [3.05, 3.63) is 59.7 Å². The minimum Gasteiger partial charge on any atom is -0.497 e. The predicted molar refractivity (Wildman–Crippen MR) is 94.8 cm³/mol. The lowest BCUT2D eigenvalue weighted by molar-refractivity contribution is 0.0735. The zero-order valence-electron chi connectivity index (χ0n) is 13.9. The normalized spacial score (nSPS) is 18.4. The SMILES string of the molecule is COc1ccc(C2CCCN2C(=O)c2ccc(S(C)=O)cc2)cc1. The number of nitrogens with zero attached hydrogens (tertiary/aromatic N) is 1. The lowest BCUT2D eigenvalue weighted by atomic mass is 10.0. The van der Waals surface area contributed by atoms with Crippen LogP contribution in [0, 0.1) is 0 Å². The molecule has 0 aromatic heterocycles. The lowest BCUT2D eigenvalue weighted by Gasteiger charge is -2.25. The first-order valence-electron chi connectivity index (χ1n) is 7.98. The van der Waals surface area contributed by atoms with Crippen LogP contribution in [0.3, 0.4) is 0 Å². The summed E-state index contributed by atoms with van der Waals surface area (Å²) in [5.41, 5.74) is 1.78. The molecule has 0 saturated carbocycles. The van der Waals surface area contributed by atoms with E-state index in [0.717, 1.165) is 35.6 Å². The van der Waals surface area contributed by atoms with Crippen LogP contribution in [0.25, 0.3) is 0 Å². The molecule has 4 nitrogen and oxygen atoms in total. The number of ether oxygens (including phenoxy) is 1. The van der Waals surface area contributed by atoms with Crippen molar-refractivity contribution < 1.29 is 13.7 Å². The van der Waals surface area contributed by atoms with E-state index in [2.05, 4.69) is 0 Å². The molecule has 126 valence electrons. The first-order chi connectivity index (χ1) is 11.6. The Kier molecular flexibility index (Phi) is 5.00. The van der Waals surface area contributed by atoms with Gasteiger partial charge in [-0.1, -0.05) is 12.1 Å². The van der Waals surface area contributed by atoms with Crippen molar-refractivity contribution in [2.45, 2.75) is 23.8 Å². The van der Waals surface area contributed by atoms with Crippen LogP contribution in [-0.4, -0.2) is 34.9 Å². The molecule has 2 unspecified atom stereocenters. The fourth-order valence-electron chi connectivity index (χ4n) is 3.14. The molecule has 1 amide bonds. The van der Waals surface area contributed by atoms with Gasteiger partial charge in [0.15, 0.2) is 0 Å². The van der Waals surface area contributed by atoms with Crippen molar-refractivity contribution in [2.75, 3.05) is 19.9 Å². The van der Waals surface area contributed by atoms with Crippen LogP contribution in [0.15, 0.2) is 53.4 Å². The maximum absolute atomic E-state index is 12.9. The average Bonchev–Trinajstić information content (AvgIpc) is 3.11. The molecule has 5 heteroatoms. The van der Waals surface area contributed by atoms with E-state index < -0.39 is 10.8 Å². The number of amides is 1. The number of carbonyl (C=O) groups is 1. The topological polar surface area (TPSA) is 46.6 Å². The van der Waals surface area contributed by atoms with Gasteiger partial charge in [0, 0.05) is 34.1 Å². The number of hydrogen-bond acceptors (Lipinski definition) is 3. The molecule has 1 heterocycles. The Bertz CT molecular complexity index is 740. The predicted octanol–water partition coefficient (Wildman–Crippen LogP) is 3.41. The number of rotatable bonds is 4. The van der Waals surface area contributed by atoms with Gasteiger partial charge < -0.3 is 9.64 Å². The molecule has 0 spiro atoms. The smallest absolute Gasteiger partial charge is 0.254 e. The summed E-state index contributed by atoms with van der Waals surface area (Å²) in [6.07, 6.45) is 3.60. The zero-order chi connectivity index (χ0) is 17.1. The van der Waals surface area contributed by atoms with Gasteiger partial charge in [-0.3, -0.25) is 9.00 Å². The standard InChI is InChI=1S/C19H21NO3S/c1-23-16-9-5-14(6-10-16)18-4-3-13-20(18)19(21)15-7-11-17(12-8-15)24(2)22/h5-12,18H,3-4,13H2,1-2H3. The summed E-state index contributed by atoms with van der Waals surface area (Å²) in [5.74, 6) is 0.847. The van der Waals surface area contributed by atoms with Gasteiger partial charge in [-0.15, -0.1) is 0 Å². The summed E-state index contributed by atoms with van der Waals surface area (Å²) in [6.45, 7) is 0.761. The first kappa shape index (κ1) is 16.7. The third-order valence-corrected chi connectivity index (χ3v) is 5.38. The Balaban J connectivity index is 1.81.